The molecule has 1 heterocycles. The van der Waals surface area contributed by atoms with Crippen molar-refractivity contribution < 1.29 is 14.3 Å². The lowest BCUT2D eigenvalue weighted by molar-refractivity contribution is 0.406. The van der Waals surface area contributed by atoms with Gasteiger partial charge in [0, 0.05) is 17.1 Å². The summed E-state index contributed by atoms with van der Waals surface area (Å²) < 4.78 is 11.2. The van der Waals surface area contributed by atoms with Crippen molar-refractivity contribution in [2.45, 2.75) is 13.0 Å². The summed E-state index contributed by atoms with van der Waals surface area (Å²) in [6.45, 7) is 2.01. The molecule has 0 aliphatic rings. The van der Waals surface area contributed by atoms with Gasteiger partial charge in [0.15, 0.2) is 11.3 Å². The van der Waals surface area contributed by atoms with E-state index in [-0.39, 0.29) is 11.8 Å². The fourth-order valence-corrected chi connectivity index (χ4v) is 2.35. The largest absolute Gasteiger partial charge is 0.508 e. The van der Waals surface area contributed by atoms with Crippen LogP contribution in [0.15, 0.2) is 52.9 Å². The van der Waals surface area contributed by atoms with E-state index in [1.807, 2.05) is 37.3 Å². The lowest BCUT2D eigenvalue weighted by atomic mass is 10.2. The smallest absolute Gasteiger partial charge is 0.176 e. The first kappa shape index (κ1) is 13.4. The summed E-state index contributed by atoms with van der Waals surface area (Å²) >= 11 is 0. The second kappa shape index (κ2) is 5.40. The molecule has 0 bridgehead atoms. The lowest BCUT2D eigenvalue weighted by Crippen LogP contribution is -2.05. The van der Waals surface area contributed by atoms with Gasteiger partial charge in [-0.15, -0.1) is 0 Å². The molecule has 1 atom stereocenters. The highest BCUT2D eigenvalue weighted by atomic mass is 16.5. The Balaban J connectivity index is 1.89. The van der Waals surface area contributed by atoms with Crippen molar-refractivity contribution in [1.82, 2.24) is 0 Å². The zero-order chi connectivity index (χ0) is 14.8. The summed E-state index contributed by atoms with van der Waals surface area (Å²) in [4.78, 5) is 0. The molecule has 4 nitrogen and oxygen atoms in total. The average molecular weight is 283 g/mol. The van der Waals surface area contributed by atoms with Gasteiger partial charge in [0.1, 0.15) is 11.5 Å². The number of fused-ring (bicyclic) bond motifs is 1. The Hall–Kier alpha value is -2.62. The van der Waals surface area contributed by atoms with Gasteiger partial charge in [0.2, 0.25) is 0 Å². The molecule has 3 aromatic rings. The van der Waals surface area contributed by atoms with E-state index in [2.05, 4.69) is 5.32 Å². The number of para-hydroxylation sites is 1. The van der Waals surface area contributed by atoms with E-state index in [1.54, 1.807) is 25.3 Å². The Morgan fingerprint density at radius 3 is 2.71 bits per heavy atom. The average Bonchev–Trinajstić information content (AvgIpc) is 2.91. The number of phenols is 1. The minimum absolute atomic E-state index is 0.0242. The zero-order valence-electron chi connectivity index (χ0n) is 12.0. The quantitative estimate of drug-likeness (QED) is 0.748. The predicted molar refractivity (Wildman–Crippen MR) is 82.9 cm³/mol. The highest BCUT2D eigenvalue weighted by Gasteiger charge is 2.14. The van der Waals surface area contributed by atoms with Gasteiger partial charge < -0.3 is 19.6 Å². The summed E-state index contributed by atoms with van der Waals surface area (Å²) in [6.07, 6.45) is 0. The Morgan fingerprint density at radius 2 is 1.95 bits per heavy atom. The molecule has 3 rings (SSSR count). The van der Waals surface area contributed by atoms with E-state index in [1.165, 1.54) is 0 Å². The number of rotatable bonds is 4. The summed E-state index contributed by atoms with van der Waals surface area (Å²) in [6, 6.07) is 14.8. The van der Waals surface area contributed by atoms with Gasteiger partial charge in [-0.25, -0.2) is 0 Å². The van der Waals surface area contributed by atoms with Gasteiger partial charge in [-0.05, 0) is 31.2 Å². The SMILES string of the molecule is COc1cccc2cc(C(C)Nc3cccc(O)c3)oc12. The molecule has 0 radical (unpaired) electrons. The number of nitrogens with one attached hydrogen (secondary N) is 1. The Morgan fingerprint density at radius 1 is 1.14 bits per heavy atom. The highest BCUT2D eigenvalue weighted by molar-refractivity contribution is 5.83. The lowest BCUT2D eigenvalue weighted by Gasteiger charge is -2.12. The first-order chi connectivity index (χ1) is 10.2. The van der Waals surface area contributed by atoms with Crippen LogP contribution in [0.3, 0.4) is 0 Å². The van der Waals surface area contributed by atoms with Gasteiger partial charge >= 0.3 is 0 Å². The van der Waals surface area contributed by atoms with Crippen LogP contribution >= 0.6 is 0 Å². The zero-order valence-corrected chi connectivity index (χ0v) is 12.0. The number of methoxy groups -OCH3 is 1. The molecule has 0 aliphatic heterocycles. The van der Waals surface area contributed by atoms with Gasteiger partial charge in [-0.1, -0.05) is 18.2 Å². The fourth-order valence-electron chi connectivity index (χ4n) is 2.35. The molecule has 1 aromatic heterocycles. The first-order valence-corrected chi connectivity index (χ1v) is 6.79. The molecule has 4 heteroatoms. The number of benzene rings is 2. The third-order valence-electron chi connectivity index (χ3n) is 3.40. The Bertz CT molecular complexity index is 764. The van der Waals surface area contributed by atoms with Crippen LogP contribution in [0.1, 0.15) is 18.7 Å². The Labute approximate surface area is 123 Å². The molecule has 108 valence electrons. The molecule has 0 spiro atoms. The molecule has 0 fully saturated rings. The number of aromatic hydroxyl groups is 1. The molecule has 2 N–H and O–H groups in total. The second-order valence-corrected chi connectivity index (χ2v) is 4.94. The number of furan rings is 1. The summed E-state index contributed by atoms with van der Waals surface area (Å²) in [7, 11) is 1.63. The fraction of sp³-hybridized carbons (Fsp3) is 0.176. The van der Waals surface area contributed by atoms with Crippen molar-refractivity contribution in [2.75, 3.05) is 12.4 Å². The summed E-state index contributed by atoms with van der Waals surface area (Å²) in [5.74, 6) is 1.78. The Kier molecular flexibility index (Phi) is 3.44. The van der Waals surface area contributed by atoms with Crippen molar-refractivity contribution in [3.8, 4) is 11.5 Å². The van der Waals surface area contributed by atoms with Crippen LogP contribution in [0.2, 0.25) is 0 Å². The molecule has 0 saturated heterocycles. The van der Waals surface area contributed by atoms with E-state index < -0.39 is 0 Å². The van der Waals surface area contributed by atoms with E-state index in [9.17, 15) is 5.11 Å². The van der Waals surface area contributed by atoms with E-state index in [0.717, 1.165) is 28.2 Å². The molecule has 0 amide bonds. The molecule has 0 aliphatic carbocycles. The molecule has 2 aromatic carbocycles. The van der Waals surface area contributed by atoms with Crippen LogP contribution in [0.5, 0.6) is 11.5 Å². The maximum absolute atomic E-state index is 9.50. The van der Waals surface area contributed by atoms with E-state index in [4.69, 9.17) is 9.15 Å². The molecule has 0 saturated carbocycles. The van der Waals surface area contributed by atoms with E-state index in [0.29, 0.717) is 0 Å². The van der Waals surface area contributed by atoms with Crippen LogP contribution in [-0.2, 0) is 0 Å². The standard InChI is InChI=1S/C17H17NO3/c1-11(18-13-6-4-7-14(19)10-13)16-9-12-5-3-8-15(20-2)17(12)21-16/h3-11,18-19H,1-2H3. The maximum Gasteiger partial charge on any atom is 0.176 e. The van der Waals surface area contributed by atoms with Gasteiger partial charge in [-0.2, -0.15) is 0 Å². The van der Waals surface area contributed by atoms with Crippen LogP contribution in [0.25, 0.3) is 11.0 Å². The first-order valence-electron chi connectivity index (χ1n) is 6.79. The minimum atomic E-state index is -0.0242. The third-order valence-corrected chi connectivity index (χ3v) is 3.40. The molecular formula is C17H17NO3. The van der Waals surface area contributed by atoms with E-state index >= 15 is 0 Å². The maximum atomic E-state index is 9.50. The van der Waals surface area contributed by atoms with Crippen molar-refractivity contribution in [1.29, 1.82) is 0 Å². The van der Waals surface area contributed by atoms with Crippen LogP contribution in [0, 0.1) is 0 Å². The summed E-state index contributed by atoms with van der Waals surface area (Å²) in [5, 5.41) is 13.8. The van der Waals surface area contributed by atoms with Crippen LogP contribution in [0.4, 0.5) is 5.69 Å². The number of hydrogen-bond donors (Lipinski definition) is 2. The van der Waals surface area contributed by atoms with Gasteiger partial charge in [0.05, 0.1) is 13.2 Å². The number of anilines is 1. The van der Waals surface area contributed by atoms with Crippen molar-refractivity contribution in [3.05, 3.63) is 54.3 Å². The van der Waals surface area contributed by atoms with Crippen LogP contribution < -0.4 is 10.1 Å². The number of hydrogen-bond acceptors (Lipinski definition) is 4. The minimum Gasteiger partial charge on any atom is -0.508 e. The van der Waals surface area contributed by atoms with Crippen molar-refractivity contribution in [3.63, 3.8) is 0 Å². The molecule has 1 unspecified atom stereocenters. The monoisotopic (exact) mass is 283 g/mol. The number of phenolic OH excluding ortho intramolecular Hbond substituents is 1. The van der Waals surface area contributed by atoms with Gasteiger partial charge in [0.25, 0.3) is 0 Å². The second-order valence-electron chi connectivity index (χ2n) is 4.94. The predicted octanol–water partition coefficient (Wildman–Crippen LogP) is 4.32. The highest BCUT2D eigenvalue weighted by Crippen LogP contribution is 2.32. The van der Waals surface area contributed by atoms with Crippen LogP contribution in [-0.4, -0.2) is 12.2 Å². The molecule has 21 heavy (non-hydrogen) atoms. The number of ether oxygens (including phenoxy) is 1. The van der Waals surface area contributed by atoms with Crippen molar-refractivity contribution >= 4 is 16.7 Å². The summed E-state index contributed by atoms with van der Waals surface area (Å²) in [5.41, 5.74) is 1.59. The van der Waals surface area contributed by atoms with Gasteiger partial charge in [-0.3, -0.25) is 0 Å². The molecular weight excluding hydrogens is 266 g/mol. The topological polar surface area (TPSA) is 54.6 Å². The normalized spacial score (nSPS) is 12.3. The van der Waals surface area contributed by atoms with Crippen molar-refractivity contribution in [2.24, 2.45) is 0 Å². The third kappa shape index (κ3) is 2.65.